The van der Waals surface area contributed by atoms with Crippen molar-refractivity contribution in [3.8, 4) is 11.5 Å². The normalized spacial score (nSPS) is 17.7. The van der Waals surface area contributed by atoms with Crippen LogP contribution < -0.4 is 14.8 Å². The van der Waals surface area contributed by atoms with Crippen molar-refractivity contribution < 1.29 is 23.4 Å². The Kier molecular flexibility index (Phi) is 7.32. The fraction of sp³-hybridized carbons (Fsp3) is 0.370. The Morgan fingerprint density at radius 3 is 2.76 bits per heavy atom. The van der Waals surface area contributed by atoms with E-state index in [0.717, 1.165) is 31.2 Å². The first-order valence-electron chi connectivity index (χ1n) is 12.3. The van der Waals surface area contributed by atoms with Crippen LogP contribution in [0.4, 0.5) is 10.3 Å². The molecule has 2 aromatic carbocycles. The van der Waals surface area contributed by atoms with Gasteiger partial charge in [-0.3, -0.25) is 0 Å². The summed E-state index contributed by atoms with van der Waals surface area (Å²) in [7, 11) is 1.52. The van der Waals surface area contributed by atoms with E-state index in [1.165, 1.54) is 25.9 Å². The van der Waals surface area contributed by atoms with Crippen LogP contribution in [-0.2, 0) is 16.1 Å². The number of carbonyl (C=O) groups is 1. The van der Waals surface area contributed by atoms with E-state index in [-0.39, 0.29) is 29.3 Å². The van der Waals surface area contributed by atoms with Gasteiger partial charge in [-0.25, -0.2) is 13.9 Å². The summed E-state index contributed by atoms with van der Waals surface area (Å²) in [6.45, 7) is 1.76. The molecule has 1 aromatic heterocycles. The zero-order chi connectivity index (χ0) is 25.9. The molecule has 37 heavy (non-hydrogen) atoms. The van der Waals surface area contributed by atoms with Gasteiger partial charge in [0, 0.05) is 11.3 Å². The van der Waals surface area contributed by atoms with Crippen molar-refractivity contribution in [2.45, 2.75) is 57.8 Å². The van der Waals surface area contributed by atoms with Crippen LogP contribution in [0.5, 0.6) is 11.5 Å². The summed E-state index contributed by atoms with van der Waals surface area (Å²) in [6.07, 6.45) is 6.37. The third-order valence-corrected chi connectivity index (χ3v) is 7.13. The molecule has 0 saturated heterocycles. The number of methoxy groups -OCH3 is 1. The third-order valence-electron chi connectivity index (χ3n) is 6.78. The van der Waals surface area contributed by atoms with Crippen LogP contribution in [0.1, 0.15) is 56.2 Å². The topological polar surface area (TPSA) is 87.5 Å². The van der Waals surface area contributed by atoms with E-state index in [1.54, 1.807) is 28.9 Å². The lowest BCUT2D eigenvalue weighted by Gasteiger charge is -2.30. The van der Waals surface area contributed by atoms with Gasteiger partial charge < -0.3 is 19.5 Å². The minimum absolute atomic E-state index is 0.0697. The van der Waals surface area contributed by atoms with Crippen LogP contribution in [0.3, 0.4) is 0 Å². The Labute approximate surface area is 219 Å². The van der Waals surface area contributed by atoms with Crippen LogP contribution in [0.25, 0.3) is 0 Å². The number of hydrogen-bond donors (Lipinski definition) is 1. The molecule has 1 aliphatic carbocycles. The molecular formula is C27H28ClFN4O4. The number of nitrogens with one attached hydrogen (secondary N) is 1. The Balaban J connectivity index is 1.45. The lowest BCUT2D eigenvalue weighted by Crippen LogP contribution is -2.32. The van der Waals surface area contributed by atoms with E-state index in [9.17, 15) is 9.18 Å². The summed E-state index contributed by atoms with van der Waals surface area (Å²) in [4.78, 5) is 17.7. The number of ether oxygens (including phenoxy) is 3. The minimum Gasteiger partial charge on any atom is -0.493 e. The second kappa shape index (κ2) is 10.8. The highest BCUT2D eigenvalue weighted by Gasteiger charge is 2.36. The molecule has 5 rings (SSSR count). The highest BCUT2D eigenvalue weighted by Crippen LogP contribution is 2.39. The zero-order valence-corrected chi connectivity index (χ0v) is 21.4. The Morgan fingerprint density at radius 1 is 1.19 bits per heavy atom. The smallest absolute Gasteiger partial charge is 0.338 e. The number of halogens is 2. The molecule has 8 nitrogen and oxygen atoms in total. The van der Waals surface area contributed by atoms with Crippen LogP contribution in [0.15, 0.2) is 54.0 Å². The number of anilines is 1. The first kappa shape index (κ1) is 25.1. The minimum atomic E-state index is -0.584. The summed E-state index contributed by atoms with van der Waals surface area (Å²) < 4.78 is 33.3. The first-order valence-corrected chi connectivity index (χ1v) is 12.7. The average Bonchev–Trinajstić information content (AvgIpc) is 3.36. The van der Waals surface area contributed by atoms with Crippen molar-refractivity contribution in [2.24, 2.45) is 0 Å². The first-order chi connectivity index (χ1) is 18.0. The van der Waals surface area contributed by atoms with Crippen molar-refractivity contribution in [3.63, 3.8) is 0 Å². The number of carbonyl (C=O) groups excluding carboxylic acids is 1. The van der Waals surface area contributed by atoms with Gasteiger partial charge in [0.2, 0.25) is 5.95 Å². The second-order valence-corrected chi connectivity index (χ2v) is 9.57. The Morgan fingerprint density at radius 2 is 2.00 bits per heavy atom. The zero-order valence-electron chi connectivity index (χ0n) is 20.7. The molecule has 0 bridgehead atoms. The number of rotatable bonds is 7. The van der Waals surface area contributed by atoms with E-state index in [4.69, 9.17) is 25.8 Å². The number of esters is 1. The van der Waals surface area contributed by atoms with Gasteiger partial charge in [-0.2, -0.15) is 10.1 Å². The number of allylic oxidation sites excluding steroid dienone is 1. The van der Waals surface area contributed by atoms with Crippen LogP contribution in [-0.4, -0.2) is 33.9 Å². The molecular weight excluding hydrogens is 499 g/mol. The number of benzene rings is 2. The number of nitrogens with zero attached hydrogens (tertiary/aromatic N) is 3. The summed E-state index contributed by atoms with van der Waals surface area (Å²) >= 11 is 6.14. The van der Waals surface area contributed by atoms with Gasteiger partial charge in [0.05, 0.1) is 17.7 Å². The van der Waals surface area contributed by atoms with Crippen molar-refractivity contribution in [1.29, 1.82) is 0 Å². The molecule has 1 N–H and O–H groups in total. The predicted molar refractivity (Wildman–Crippen MR) is 136 cm³/mol. The molecule has 1 unspecified atom stereocenters. The maximum atomic E-state index is 14.2. The maximum Gasteiger partial charge on any atom is 0.338 e. The molecule has 3 aromatic rings. The second-order valence-electron chi connectivity index (χ2n) is 9.16. The SMILES string of the molecule is COc1cc(C2C(C(=O)OC3CCCCC3)=C(C)Nc3ncnn32)ccc1OCc1c(F)cccc1Cl. The standard InChI is InChI=1S/C27H28ClFN4O4/c1-16-24(26(34)37-18-7-4-3-5-8-18)25(33-27(32-16)30-15-31-33)17-11-12-22(23(13-17)35-2)36-14-19-20(28)9-6-10-21(19)29/h6,9-13,15,18,25H,3-5,7-8,14H2,1-2H3,(H,30,31,32). The van der Waals surface area contributed by atoms with Crippen molar-refractivity contribution in [3.05, 3.63) is 76.0 Å². The Bertz CT molecular complexity index is 1320. The van der Waals surface area contributed by atoms with Crippen molar-refractivity contribution in [1.82, 2.24) is 14.8 Å². The van der Waals surface area contributed by atoms with E-state index < -0.39 is 11.9 Å². The highest BCUT2D eigenvalue weighted by molar-refractivity contribution is 6.31. The van der Waals surface area contributed by atoms with Gasteiger partial charge in [-0.1, -0.05) is 30.2 Å². The highest BCUT2D eigenvalue weighted by atomic mass is 35.5. The summed E-state index contributed by atoms with van der Waals surface area (Å²) in [5.74, 6) is 0.521. The predicted octanol–water partition coefficient (Wildman–Crippen LogP) is 5.82. The summed E-state index contributed by atoms with van der Waals surface area (Å²) in [5, 5.41) is 7.82. The molecule has 10 heteroatoms. The maximum absolute atomic E-state index is 14.2. The largest absolute Gasteiger partial charge is 0.493 e. The van der Waals surface area contributed by atoms with Crippen LogP contribution >= 0.6 is 11.6 Å². The fourth-order valence-electron chi connectivity index (χ4n) is 4.85. The van der Waals surface area contributed by atoms with Gasteiger partial charge in [0.15, 0.2) is 11.5 Å². The van der Waals surface area contributed by atoms with Gasteiger partial charge in [0.25, 0.3) is 0 Å². The molecule has 2 heterocycles. The average molecular weight is 527 g/mol. The van der Waals surface area contributed by atoms with Crippen LogP contribution in [0.2, 0.25) is 5.02 Å². The third kappa shape index (κ3) is 5.13. The molecule has 0 radical (unpaired) electrons. The molecule has 0 spiro atoms. The van der Waals surface area contributed by atoms with Gasteiger partial charge in [0.1, 0.15) is 30.9 Å². The Hall–Kier alpha value is -3.59. The fourth-order valence-corrected chi connectivity index (χ4v) is 5.07. The van der Waals surface area contributed by atoms with Crippen molar-refractivity contribution in [2.75, 3.05) is 12.4 Å². The van der Waals surface area contributed by atoms with E-state index in [2.05, 4.69) is 15.4 Å². The molecule has 1 aliphatic heterocycles. The van der Waals surface area contributed by atoms with Gasteiger partial charge in [-0.05, 0) is 62.4 Å². The van der Waals surface area contributed by atoms with E-state index in [1.807, 2.05) is 13.0 Å². The van der Waals surface area contributed by atoms with Crippen molar-refractivity contribution >= 4 is 23.5 Å². The number of aromatic nitrogens is 3. The summed E-state index contributed by atoms with van der Waals surface area (Å²) in [5.41, 5.74) is 2.10. The van der Waals surface area contributed by atoms with E-state index in [0.29, 0.717) is 28.7 Å². The lowest BCUT2D eigenvalue weighted by molar-refractivity contribution is -0.146. The van der Waals surface area contributed by atoms with Gasteiger partial charge in [-0.15, -0.1) is 0 Å². The molecule has 2 aliphatic rings. The lowest BCUT2D eigenvalue weighted by atomic mass is 9.94. The quantitative estimate of drug-likeness (QED) is 0.388. The molecule has 1 atom stereocenters. The van der Waals surface area contributed by atoms with Gasteiger partial charge >= 0.3 is 5.97 Å². The number of fused-ring (bicyclic) bond motifs is 1. The van der Waals surface area contributed by atoms with Crippen LogP contribution in [0, 0.1) is 5.82 Å². The molecule has 1 fully saturated rings. The molecule has 194 valence electrons. The number of hydrogen-bond acceptors (Lipinski definition) is 7. The molecule has 1 saturated carbocycles. The monoisotopic (exact) mass is 526 g/mol. The summed E-state index contributed by atoms with van der Waals surface area (Å²) in [6, 6.07) is 9.23. The van der Waals surface area contributed by atoms with E-state index >= 15 is 0 Å². The molecule has 0 amide bonds.